The molecule has 0 saturated heterocycles. The molecule has 1 atom stereocenters. The third kappa shape index (κ3) is 4.00. The first-order chi connectivity index (χ1) is 11.1. The highest BCUT2D eigenvalue weighted by Gasteiger charge is 2.13. The molecule has 0 saturated carbocycles. The first kappa shape index (κ1) is 16.2. The molecule has 3 rings (SSSR count). The molecule has 0 aliphatic carbocycles. The van der Waals surface area contributed by atoms with E-state index in [9.17, 15) is 9.90 Å². The zero-order valence-electron chi connectivity index (χ0n) is 12.0. The van der Waals surface area contributed by atoms with Crippen molar-refractivity contribution in [1.82, 2.24) is 5.32 Å². The van der Waals surface area contributed by atoms with E-state index in [2.05, 4.69) is 5.32 Å². The molecular formula is C17H14ClNO2S2. The van der Waals surface area contributed by atoms with E-state index < -0.39 is 6.10 Å². The van der Waals surface area contributed by atoms with Gasteiger partial charge in [-0.3, -0.25) is 4.79 Å². The molecule has 0 radical (unpaired) electrons. The van der Waals surface area contributed by atoms with E-state index >= 15 is 0 Å². The van der Waals surface area contributed by atoms with Crippen LogP contribution in [0, 0.1) is 0 Å². The number of benzene rings is 1. The van der Waals surface area contributed by atoms with Crippen molar-refractivity contribution < 1.29 is 9.90 Å². The van der Waals surface area contributed by atoms with E-state index in [4.69, 9.17) is 11.6 Å². The lowest BCUT2D eigenvalue weighted by molar-refractivity contribution is 0.0955. The van der Waals surface area contributed by atoms with Gasteiger partial charge in [0.2, 0.25) is 0 Å². The van der Waals surface area contributed by atoms with Gasteiger partial charge in [0.1, 0.15) is 6.10 Å². The molecule has 6 heteroatoms. The lowest BCUT2D eigenvalue weighted by atomic mass is 10.1. The van der Waals surface area contributed by atoms with Crippen LogP contribution in [-0.2, 0) is 6.54 Å². The Kier molecular flexibility index (Phi) is 5.13. The maximum atomic E-state index is 12.0. The van der Waals surface area contributed by atoms with Crippen LogP contribution in [-0.4, -0.2) is 11.0 Å². The lowest BCUT2D eigenvalue weighted by Crippen LogP contribution is -2.21. The molecule has 1 amide bonds. The Morgan fingerprint density at radius 1 is 1.09 bits per heavy atom. The molecule has 0 aliphatic rings. The predicted octanol–water partition coefficient (Wildman–Crippen LogP) is 4.47. The topological polar surface area (TPSA) is 49.3 Å². The van der Waals surface area contributed by atoms with Crippen LogP contribution in [0.5, 0.6) is 0 Å². The summed E-state index contributed by atoms with van der Waals surface area (Å²) in [6.07, 6.45) is -0.637. The molecule has 0 aliphatic heterocycles. The maximum absolute atomic E-state index is 12.0. The van der Waals surface area contributed by atoms with E-state index in [1.807, 2.05) is 42.5 Å². The monoisotopic (exact) mass is 363 g/mol. The molecule has 1 aromatic carbocycles. The zero-order chi connectivity index (χ0) is 16.2. The minimum absolute atomic E-state index is 0.138. The molecule has 2 heterocycles. The number of nitrogens with one attached hydrogen (secondary N) is 1. The van der Waals surface area contributed by atoms with Crippen LogP contribution in [0.4, 0.5) is 0 Å². The molecule has 3 aromatic rings. The van der Waals surface area contributed by atoms with Crippen molar-refractivity contribution in [2.75, 3.05) is 0 Å². The van der Waals surface area contributed by atoms with Gasteiger partial charge in [-0.15, -0.1) is 22.7 Å². The molecule has 3 nitrogen and oxygen atoms in total. The summed E-state index contributed by atoms with van der Waals surface area (Å²) in [6.45, 7) is 0.431. The number of halogens is 1. The fourth-order valence-corrected chi connectivity index (χ4v) is 4.05. The molecule has 2 N–H and O–H groups in total. The van der Waals surface area contributed by atoms with Crippen LogP contribution in [0.1, 0.15) is 31.1 Å². The van der Waals surface area contributed by atoms with E-state index in [-0.39, 0.29) is 5.91 Å². The fourth-order valence-electron chi connectivity index (χ4n) is 2.13. The SMILES string of the molecule is O=C(NCc1ccc([C@@H](O)c2ccccc2)s1)c1ccc(Cl)s1. The van der Waals surface area contributed by atoms with Gasteiger partial charge in [0.25, 0.3) is 5.91 Å². The van der Waals surface area contributed by atoms with E-state index in [1.54, 1.807) is 12.1 Å². The molecule has 23 heavy (non-hydrogen) atoms. The lowest BCUT2D eigenvalue weighted by Gasteiger charge is -2.08. The van der Waals surface area contributed by atoms with Crippen molar-refractivity contribution in [1.29, 1.82) is 0 Å². The molecule has 0 spiro atoms. The van der Waals surface area contributed by atoms with Crippen LogP contribution < -0.4 is 5.32 Å². The highest BCUT2D eigenvalue weighted by Crippen LogP contribution is 2.28. The third-order valence-corrected chi connectivity index (χ3v) is 5.65. The van der Waals surface area contributed by atoms with Gasteiger partial charge in [0, 0.05) is 9.75 Å². The number of aliphatic hydroxyl groups excluding tert-OH is 1. The van der Waals surface area contributed by atoms with Crippen molar-refractivity contribution >= 4 is 40.2 Å². The van der Waals surface area contributed by atoms with Gasteiger partial charge in [-0.05, 0) is 29.8 Å². The highest BCUT2D eigenvalue weighted by atomic mass is 35.5. The second-order valence-electron chi connectivity index (χ2n) is 4.90. The van der Waals surface area contributed by atoms with E-state index in [0.29, 0.717) is 15.8 Å². The number of hydrogen-bond donors (Lipinski definition) is 2. The summed E-state index contributed by atoms with van der Waals surface area (Å²) in [5.41, 5.74) is 0.859. The van der Waals surface area contributed by atoms with Crippen molar-refractivity contribution in [3.8, 4) is 0 Å². The largest absolute Gasteiger partial charge is 0.383 e. The normalized spacial score (nSPS) is 12.1. The number of rotatable bonds is 5. The summed E-state index contributed by atoms with van der Waals surface area (Å²) in [7, 11) is 0. The van der Waals surface area contributed by atoms with Gasteiger partial charge in [-0.25, -0.2) is 0 Å². The van der Waals surface area contributed by atoms with Gasteiger partial charge in [-0.1, -0.05) is 41.9 Å². The average Bonchev–Trinajstić information content (AvgIpc) is 3.22. The van der Waals surface area contributed by atoms with Crippen LogP contribution in [0.25, 0.3) is 0 Å². The Labute approximate surface area is 147 Å². The Balaban J connectivity index is 1.62. The number of carbonyl (C=O) groups excluding carboxylic acids is 1. The first-order valence-corrected chi connectivity index (χ1v) is 9.00. The molecule has 0 bridgehead atoms. The van der Waals surface area contributed by atoms with Gasteiger partial charge in [0.05, 0.1) is 15.8 Å². The number of hydrogen-bond acceptors (Lipinski definition) is 4. The van der Waals surface area contributed by atoms with Gasteiger partial charge >= 0.3 is 0 Å². The summed E-state index contributed by atoms with van der Waals surface area (Å²) in [4.78, 5) is 14.4. The second-order valence-corrected chi connectivity index (χ2v) is 7.82. The molecule has 0 unspecified atom stereocenters. The molecule has 118 valence electrons. The van der Waals surface area contributed by atoms with Crippen LogP contribution in [0.3, 0.4) is 0 Å². The molecular weight excluding hydrogens is 350 g/mol. The summed E-state index contributed by atoms with van der Waals surface area (Å²) in [6, 6.07) is 16.8. The fraction of sp³-hybridized carbons (Fsp3) is 0.118. The van der Waals surface area contributed by atoms with Gasteiger partial charge in [-0.2, -0.15) is 0 Å². The van der Waals surface area contributed by atoms with Crippen molar-refractivity contribution in [2.24, 2.45) is 0 Å². The van der Waals surface area contributed by atoms with Crippen LogP contribution in [0.15, 0.2) is 54.6 Å². The van der Waals surface area contributed by atoms with Gasteiger partial charge < -0.3 is 10.4 Å². The summed E-state index contributed by atoms with van der Waals surface area (Å²) < 4.78 is 0.597. The number of carbonyl (C=O) groups is 1. The van der Waals surface area contributed by atoms with Gasteiger partial charge in [0.15, 0.2) is 0 Å². The predicted molar refractivity (Wildman–Crippen MR) is 95.3 cm³/mol. The van der Waals surface area contributed by atoms with E-state index in [1.165, 1.54) is 22.7 Å². The Bertz CT molecular complexity index is 798. The number of amides is 1. The van der Waals surface area contributed by atoms with E-state index in [0.717, 1.165) is 15.3 Å². The summed E-state index contributed by atoms with van der Waals surface area (Å²) in [5.74, 6) is -0.138. The maximum Gasteiger partial charge on any atom is 0.261 e. The standard InChI is InChI=1S/C17H14ClNO2S2/c18-15-9-8-14(23-15)17(21)19-10-12-6-7-13(22-12)16(20)11-4-2-1-3-5-11/h1-9,16,20H,10H2,(H,19,21)/t16-/m0/s1. The van der Waals surface area contributed by atoms with Crippen LogP contribution >= 0.6 is 34.3 Å². The second kappa shape index (κ2) is 7.27. The number of thiophene rings is 2. The third-order valence-electron chi connectivity index (χ3n) is 3.29. The Morgan fingerprint density at radius 2 is 1.87 bits per heavy atom. The van der Waals surface area contributed by atoms with Crippen molar-refractivity contribution in [2.45, 2.75) is 12.6 Å². The van der Waals surface area contributed by atoms with Crippen molar-refractivity contribution in [3.05, 3.63) is 79.1 Å². The average molecular weight is 364 g/mol. The minimum Gasteiger partial charge on any atom is -0.383 e. The molecule has 2 aromatic heterocycles. The smallest absolute Gasteiger partial charge is 0.261 e. The quantitative estimate of drug-likeness (QED) is 0.702. The highest BCUT2D eigenvalue weighted by molar-refractivity contribution is 7.18. The Morgan fingerprint density at radius 3 is 2.57 bits per heavy atom. The minimum atomic E-state index is -0.637. The summed E-state index contributed by atoms with van der Waals surface area (Å²) >= 11 is 8.58. The van der Waals surface area contributed by atoms with Crippen molar-refractivity contribution in [3.63, 3.8) is 0 Å². The summed E-state index contributed by atoms with van der Waals surface area (Å²) in [5, 5.41) is 13.2. The zero-order valence-corrected chi connectivity index (χ0v) is 14.4. The molecule has 0 fully saturated rings. The van der Waals surface area contributed by atoms with Crippen LogP contribution in [0.2, 0.25) is 4.34 Å². The number of aliphatic hydroxyl groups is 1. The Hall–Kier alpha value is -1.66. The first-order valence-electron chi connectivity index (χ1n) is 6.98.